The van der Waals surface area contributed by atoms with Crippen molar-refractivity contribution in [2.75, 3.05) is 19.8 Å². The van der Waals surface area contributed by atoms with E-state index in [0.29, 0.717) is 0 Å². The van der Waals surface area contributed by atoms with Crippen LogP contribution in [0.3, 0.4) is 0 Å². The van der Waals surface area contributed by atoms with Crippen LogP contribution in [-0.4, -0.2) is 57.6 Å². The standard InChI is InChI=1S/C9H18O11S3/c1-7(2)3-8(19-21(10)11)4-16-22(12,13)17-5-9-6-18-23(14,15)20-9/h7-9H,3-6H2,1-2H3,(H,10,11)/p-1. The molecule has 0 amide bonds. The lowest BCUT2D eigenvalue weighted by Gasteiger charge is -2.20. The molecule has 0 aliphatic carbocycles. The van der Waals surface area contributed by atoms with Crippen LogP contribution in [0.25, 0.3) is 0 Å². The van der Waals surface area contributed by atoms with Gasteiger partial charge in [-0.2, -0.15) is 16.8 Å². The molecule has 1 rings (SSSR count). The third-order valence-corrected chi connectivity index (χ3v) is 4.61. The molecule has 3 atom stereocenters. The van der Waals surface area contributed by atoms with Gasteiger partial charge in [-0.1, -0.05) is 13.8 Å². The maximum atomic E-state index is 11.5. The lowest BCUT2D eigenvalue weighted by molar-refractivity contribution is 0.0894. The van der Waals surface area contributed by atoms with Gasteiger partial charge >= 0.3 is 20.8 Å². The van der Waals surface area contributed by atoms with Crippen LogP contribution < -0.4 is 0 Å². The van der Waals surface area contributed by atoms with E-state index in [-0.39, 0.29) is 18.9 Å². The molecule has 0 radical (unpaired) electrons. The van der Waals surface area contributed by atoms with Gasteiger partial charge in [0.25, 0.3) is 0 Å². The average molecular weight is 397 g/mol. The highest BCUT2D eigenvalue weighted by Crippen LogP contribution is 2.15. The molecule has 0 aromatic rings. The summed E-state index contributed by atoms with van der Waals surface area (Å²) in [7, 11) is -8.60. The Labute approximate surface area is 137 Å². The number of rotatable bonds is 10. The molecular weight excluding hydrogens is 380 g/mol. The van der Waals surface area contributed by atoms with E-state index >= 15 is 0 Å². The molecule has 11 nitrogen and oxygen atoms in total. The van der Waals surface area contributed by atoms with Crippen molar-refractivity contribution in [3.05, 3.63) is 0 Å². The first-order valence-corrected chi connectivity index (χ1v) is 10.0. The van der Waals surface area contributed by atoms with Crippen LogP contribution >= 0.6 is 0 Å². The first-order chi connectivity index (χ1) is 10.5. The van der Waals surface area contributed by atoms with Crippen molar-refractivity contribution >= 4 is 32.2 Å². The van der Waals surface area contributed by atoms with Crippen molar-refractivity contribution in [1.29, 1.82) is 0 Å². The van der Waals surface area contributed by atoms with E-state index in [9.17, 15) is 25.6 Å². The minimum atomic E-state index is -4.48. The lowest BCUT2D eigenvalue weighted by Crippen LogP contribution is -2.27. The second-order valence-electron chi connectivity index (χ2n) is 4.94. The van der Waals surface area contributed by atoms with Crippen molar-refractivity contribution in [2.24, 2.45) is 5.92 Å². The molecule has 0 spiro atoms. The summed E-state index contributed by atoms with van der Waals surface area (Å²) in [6.45, 7) is 1.98. The van der Waals surface area contributed by atoms with Crippen LogP contribution in [0.15, 0.2) is 0 Å². The molecule has 1 heterocycles. The highest BCUT2D eigenvalue weighted by Gasteiger charge is 2.32. The molecule has 0 aromatic carbocycles. The van der Waals surface area contributed by atoms with E-state index in [4.69, 9.17) is 0 Å². The fourth-order valence-electron chi connectivity index (χ4n) is 1.58. The van der Waals surface area contributed by atoms with Crippen molar-refractivity contribution in [1.82, 2.24) is 0 Å². The zero-order chi connectivity index (χ0) is 17.7. The number of hydrogen-bond donors (Lipinski definition) is 0. The van der Waals surface area contributed by atoms with Gasteiger partial charge in [-0.3, -0.25) is 4.18 Å². The Bertz CT molecular complexity index is 596. The summed E-state index contributed by atoms with van der Waals surface area (Å²) in [5.41, 5.74) is 0. The fourth-order valence-corrected chi connectivity index (χ4v) is 3.46. The molecule has 0 saturated carbocycles. The fraction of sp³-hybridized carbons (Fsp3) is 1.00. The Hall–Kier alpha value is -0.190. The monoisotopic (exact) mass is 397 g/mol. The summed E-state index contributed by atoms with van der Waals surface area (Å²) in [4.78, 5) is 0. The zero-order valence-electron chi connectivity index (χ0n) is 12.3. The summed E-state index contributed by atoms with van der Waals surface area (Å²) < 4.78 is 87.9. The predicted molar refractivity (Wildman–Crippen MR) is 73.8 cm³/mol. The van der Waals surface area contributed by atoms with Crippen LogP contribution in [0, 0.1) is 5.92 Å². The molecule has 1 aliphatic heterocycles. The molecule has 1 saturated heterocycles. The molecule has 0 N–H and O–H groups in total. The Morgan fingerprint density at radius 2 is 2.00 bits per heavy atom. The SMILES string of the molecule is CC(C)CC(COS(=O)(=O)OCC1COS(=O)(=O)O1)OS(=O)[O-]. The van der Waals surface area contributed by atoms with E-state index < -0.39 is 57.6 Å². The Balaban J connectivity index is 2.45. The summed E-state index contributed by atoms with van der Waals surface area (Å²) in [6, 6.07) is 0. The predicted octanol–water partition coefficient (Wildman–Crippen LogP) is -0.850. The molecule has 1 aliphatic rings. The van der Waals surface area contributed by atoms with Crippen LogP contribution in [0.5, 0.6) is 0 Å². The van der Waals surface area contributed by atoms with Gasteiger partial charge in [-0.15, -0.1) is 0 Å². The molecule has 23 heavy (non-hydrogen) atoms. The van der Waals surface area contributed by atoms with Gasteiger partial charge in [0, 0.05) is 0 Å². The maximum Gasteiger partial charge on any atom is 0.400 e. The largest absolute Gasteiger partial charge is 0.750 e. The summed E-state index contributed by atoms with van der Waals surface area (Å²) in [6.07, 6.45) is -1.88. The average Bonchev–Trinajstić information content (AvgIpc) is 2.72. The molecule has 0 bridgehead atoms. The maximum absolute atomic E-state index is 11.5. The summed E-state index contributed by atoms with van der Waals surface area (Å²) >= 11 is -2.82. The van der Waals surface area contributed by atoms with Gasteiger partial charge in [0.2, 0.25) is 0 Å². The third kappa shape index (κ3) is 9.02. The third-order valence-electron chi connectivity index (χ3n) is 2.40. The van der Waals surface area contributed by atoms with E-state index in [1.54, 1.807) is 13.8 Å². The molecule has 14 heteroatoms. The normalized spacial score (nSPS) is 23.9. The van der Waals surface area contributed by atoms with Gasteiger partial charge in [0.05, 0.1) is 37.3 Å². The number of hydrogen-bond acceptors (Lipinski definition) is 11. The Morgan fingerprint density at radius 1 is 1.35 bits per heavy atom. The van der Waals surface area contributed by atoms with Gasteiger partial charge in [-0.25, -0.2) is 20.9 Å². The van der Waals surface area contributed by atoms with Gasteiger partial charge in [0.1, 0.15) is 6.10 Å². The van der Waals surface area contributed by atoms with Gasteiger partial charge < -0.3 is 4.55 Å². The second kappa shape index (κ2) is 8.77. The van der Waals surface area contributed by atoms with Crippen LogP contribution in [0.1, 0.15) is 20.3 Å². The van der Waals surface area contributed by atoms with E-state index in [1.807, 2.05) is 0 Å². The van der Waals surface area contributed by atoms with Gasteiger partial charge in [-0.05, 0) is 12.3 Å². The quantitative estimate of drug-likeness (QED) is 0.423. The second-order valence-corrected chi connectivity index (χ2v) is 8.07. The molecule has 3 unspecified atom stereocenters. The molecular formula is C9H17O11S3-. The Kier molecular flexibility index (Phi) is 7.96. The molecule has 1 fully saturated rings. The lowest BCUT2D eigenvalue weighted by atomic mass is 10.1. The van der Waals surface area contributed by atoms with E-state index in [1.165, 1.54) is 0 Å². The van der Waals surface area contributed by atoms with Crippen molar-refractivity contribution in [3.8, 4) is 0 Å². The molecule has 0 aromatic heterocycles. The first-order valence-electron chi connectivity index (χ1n) is 6.37. The van der Waals surface area contributed by atoms with Crippen LogP contribution in [0.4, 0.5) is 0 Å². The molecule has 138 valence electrons. The van der Waals surface area contributed by atoms with E-state index in [0.717, 1.165) is 0 Å². The van der Waals surface area contributed by atoms with E-state index in [2.05, 4.69) is 20.9 Å². The van der Waals surface area contributed by atoms with Crippen LogP contribution in [0.2, 0.25) is 0 Å². The van der Waals surface area contributed by atoms with Crippen molar-refractivity contribution < 1.29 is 46.5 Å². The smallest absolute Gasteiger partial charge is 0.400 e. The summed E-state index contributed by atoms with van der Waals surface area (Å²) in [5, 5.41) is 0. The highest BCUT2D eigenvalue weighted by atomic mass is 32.3. The first kappa shape index (κ1) is 20.9. The highest BCUT2D eigenvalue weighted by molar-refractivity contribution is 7.82. The zero-order valence-corrected chi connectivity index (χ0v) is 14.7. The van der Waals surface area contributed by atoms with Crippen molar-refractivity contribution in [3.63, 3.8) is 0 Å². The minimum Gasteiger partial charge on any atom is -0.750 e. The topological polar surface area (TPSA) is 155 Å². The Morgan fingerprint density at radius 3 is 2.48 bits per heavy atom. The van der Waals surface area contributed by atoms with Gasteiger partial charge in [0.15, 0.2) is 0 Å². The summed E-state index contributed by atoms with van der Waals surface area (Å²) in [5.74, 6) is 0.0324. The minimum absolute atomic E-state index is 0.0324. The van der Waals surface area contributed by atoms with Crippen molar-refractivity contribution in [2.45, 2.75) is 32.5 Å². The van der Waals surface area contributed by atoms with Crippen LogP contribution in [-0.2, 0) is 53.1 Å².